The Bertz CT molecular complexity index is 1060. The Morgan fingerprint density at radius 1 is 0.900 bits per heavy atom. The molecule has 8 nitrogen and oxygen atoms in total. The Hall–Kier alpha value is -3.68. The summed E-state index contributed by atoms with van der Waals surface area (Å²) < 4.78 is 23.4. The van der Waals surface area contributed by atoms with E-state index >= 15 is 0 Å². The van der Waals surface area contributed by atoms with Gasteiger partial charge in [-0.2, -0.15) is 5.10 Å². The molecule has 0 fully saturated rings. The van der Waals surface area contributed by atoms with Gasteiger partial charge in [-0.25, -0.2) is 0 Å². The highest BCUT2D eigenvalue weighted by atomic mass is 16.7. The fourth-order valence-electron chi connectivity index (χ4n) is 3.69. The van der Waals surface area contributed by atoms with Gasteiger partial charge in [0.1, 0.15) is 5.69 Å². The first-order valence-electron chi connectivity index (χ1n) is 9.64. The van der Waals surface area contributed by atoms with Gasteiger partial charge in [0.15, 0.2) is 23.0 Å². The van der Waals surface area contributed by atoms with Crippen LogP contribution in [0.25, 0.3) is 0 Å². The number of nitrogens with zero attached hydrogens (tertiary/aromatic N) is 3. The van der Waals surface area contributed by atoms with Crippen molar-refractivity contribution in [3.05, 3.63) is 65.0 Å². The monoisotopic (exact) mass is 407 g/mol. The van der Waals surface area contributed by atoms with Crippen LogP contribution in [0.5, 0.6) is 23.0 Å². The second-order valence-electron chi connectivity index (χ2n) is 7.33. The molecule has 0 unspecified atom stereocenters. The van der Waals surface area contributed by atoms with Crippen LogP contribution >= 0.6 is 0 Å². The van der Waals surface area contributed by atoms with Crippen molar-refractivity contribution in [3.63, 3.8) is 0 Å². The van der Waals surface area contributed by atoms with E-state index in [1.807, 2.05) is 43.3 Å². The van der Waals surface area contributed by atoms with E-state index < -0.39 is 0 Å². The van der Waals surface area contributed by atoms with Crippen molar-refractivity contribution in [3.8, 4) is 23.0 Å². The summed E-state index contributed by atoms with van der Waals surface area (Å²) in [6.45, 7) is 3.12. The number of aryl methyl sites for hydroxylation is 2. The molecule has 1 aromatic heterocycles. The molecule has 154 valence electrons. The minimum Gasteiger partial charge on any atom is -0.454 e. The molecule has 8 heteroatoms. The molecule has 2 aromatic carbocycles. The number of hydrogen-bond donors (Lipinski definition) is 0. The standard InChI is InChI=1S/C22H21N3O5/c1-14-7-17(24(2)23-14)22(26)25(10-15-3-5-18-20(8-15)29-12-27-18)11-16-4-6-19-21(9-16)30-13-28-19/h3-9H,10-13H2,1-2H3. The van der Waals surface area contributed by atoms with Crippen molar-refractivity contribution in [1.29, 1.82) is 0 Å². The number of amides is 1. The van der Waals surface area contributed by atoms with E-state index in [9.17, 15) is 4.79 Å². The van der Waals surface area contributed by atoms with E-state index in [2.05, 4.69) is 5.10 Å². The number of carbonyl (C=O) groups is 1. The lowest BCUT2D eigenvalue weighted by atomic mass is 10.1. The highest BCUT2D eigenvalue weighted by molar-refractivity contribution is 5.92. The Labute approximate surface area is 173 Å². The summed E-state index contributed by atoms with van der Waals surface area (Å²) in [5.41, 5.74) is 3.24. The summed E-state index contributed by atoms with van der Waals surface area (Å²) in [4.78, 5) is 15.2. The Kier molecular flexibility index (Phi) is 4.46. The van der Waals surface area contributed by atoms with E-state index in [0.29, 0.717) is 30.3 Å². The van der Waals surface area contributed by atoms with Gasteiger partial charge in [-0.1, -0.05) is 12.1 Å². The maximum absolute atomic E-state index is 13.4. The van der Waals surface area contributed by atoms with Gasteiger partial charge in [-0.3, -0.25) is 9.48 Å². The lowest BCUT2D eigenvalue weighted by Crippen LogP contribution is -2.31. The number of hydrogen-bond acceptors (Lipinski definition) is 6. The molecular weight excluding hydrogens is 386 g/mol. The van der Waals surface area contributed by atoms with Gasteiger partial charge in [0.2, 0.25) is 13.6 Å². The molecule has 0 saturated carbocycles. The van der Waals surface area contributed by atoms with E-state index in [4.69, 9.17) is 18.9 Å². The predicted octanol–water partition coefficient (Wildman–Crippen LogP) is 3.03. The number of ether oxygens (including phenoxy) is 4. The van der Waals surface area contributed by atoms with Crippen LogP contribution in [-0.4, -0.2) is 34.2 Å². The van der Waals surface area contributed by atoms with E-state index in [1.54, 1.807) is 22.7 Å². The van der Waals surface area contributed by atoms with Crippen LogP contribution in [0.3, 0.4) is 0 Å². The molecule has 0 aliphatic carbocycles. The molecule has 0 atom stereocenters. The van der Waals surface area contributed by atoms with Crippen LogP contribution in [0.15, 0.2) is 42.5 Å². The fourth-order valence-corrected chi connectivity index (χ4v) is 3.69. The number of benzene rings is 2. The number of fused-ring (bicyclic) bond motifs is 2. The lowest BCUT2D eigenvalue weighted by molar-refractivity contribution is 0.0718. The molecule has 0 radical (unpaired) electrons. The van der Waals surface area contributed by atoms with Gasteiger partial charge in [-0.05, 0) is 48.4 Å². The maximum Gasteiger partial charge on any atom is 0.272 e. The second-order valence-corrected chi connectivity index (χ2v) is 7.33. The second kappa shape index (κ2) is 7.29. The zero-order chi connectivity index (χ0) is 20.7. The minimum atomic E-state index is -0.103. The molecule has 0 saturated heterocycles. The molecule has 3 heterocycles. The summed E-state index contributed by atoms with van der Waals surface area (Å²) in [6, 6.07) is 13.3. The van der Waals surface area contributed by atoms with Gasteiger partial charge < -0.3 is 23.8 Å². The van der Waals surface area contributed by atoms with E-state index in [-0.39, 0.29) is 19.5 Å². The average molecular weight is 407 g/mol. The van der Waals surface area contributed by atoms with Crippen LogP contribution in [0.1, 0.15) is 27.3 Å². The van der Waals surface area contributed by atoms with E-state index in [0.717, 1.165) is 28.3 Å². The first-order chi connectivity index (χ1) is 14.6. The third kappa shape index (κ3) is 3.41. The van der Waals surface area contributed by atoms with Crippen molar-refractivity contribution in [2.24, 2.45) is 7.05 Å². The Balaban J connectivity index is 1.45. The normalized spacial score (nSPS) is 13.5. The van der Waals surface area contributed by atoms with Crippen molar-refractivity contribution in [2.75, 3.05) is 13.6 Å². The number of rotatable bonds is 5. The smallest absolute Gasteiger partial charge is 0.272 e. The van der Waals surface area contributed by atoms with Crippen molar-refractivity contribution >= 4 is 5.91 Å². The number of aromatic nitrogens is 2. The maximum atomic E-state index is 13.4. The SMILES string of the molecule is Cc1cc(C(=O)N(Cc2ccc3c(c2)OCO3)Cc2ccc3c(c2)OCO3)n(C)n1. The molecule has 2 aliphatic rings. The first-order valence-corrected chi connectivity index (χ1v) is 9.64. The molecule has 1 amide bonds. The highest BCUT2D eigenvalue weighted by Crippen LogP contribution is 2.34. The predicted molar refractivity (Wildman–Crippen MR) is 107 cm³/mol. The van der Waals surface area contributed by atoms with Crippen LogP contribution in [-0.2, 0) is 20.1 Å². The lowest BCUT2D eigenvalue weighted by Gasteiger charge is -2.23. The largest absolute Gasteiger partial charge is 0.454 e. The molecule has 3 aromatic rings. The summed E-state index contributed by atoms with van der Waals surface area (Å²) in [5.74, 6) is 2.72. The van der Waals surface area contributed by atoms with Crippen LogP contribution in [0.4, 0.5) is 0 Å². The Morgan fingerprint density at radius 2 is 1.43 bits per heavy atom. The molecule has 5 rings (SSSR count). The van der Waals surface area contributed by atoms with Gasteiger partial charge in [0, 0.05) is 20.1 Å². The van der Waals surface area contributed by atoms with Crippen molar-refractivity contribution in [2.45, 2.75) is 20.0 Å². The van der Waals surface area contributed by atoms with Gasteiger partial charge in [0.05, 0.1) is 5.69 Å². The summed E-state index contributed by atoms with van der Waals surface area (Å²) in [5, 5.41) is 4.32. The highest BCUT2D eigenvalue weighted by Gasteiger charge is 2.23. The minimum absolute atomic E-state index is 0.103. The average Bonchev–Trinajstić information content (AvgIpc) is 3.45. The molecule has 0 N–H and O–H groups in total. The van der Waals surface area contributed by atoms with E-state index in [1.165, 1.54) is 0 Å². The third-order valence-corrected chi connectivity index (χ3v) is 5.13. The Morgan fingerprint density at radius 3 is 1.93 bits per heavy atom. The van der Waals surface area contributed by atoms with Crippen LogP contribution in [0.2, 0.25) is 0 Å². The third-order valence-electron chi connectivity index (χ3n) is 5.13. The topological polar surface area (TPSA) is 75.1 Å². The fraction of sp³-hybridized carbons (Fsp3) is 0.273. The molecular formula is C22H21N3O5. The van der Waals surface area contributed by atoms with Crippen LogP contribution in [0, 0.1) is 6.92 Å². The van der Waals surface area contributed by atoms with Crippen molar-refractivity contribution < 1.29 is 23.7 Å². The number of carbonyl (C=O) groups excluding carboxylic acids is 1. The van der Waals surface area contributed by atoms with Crippen LogP contribution < -0.4 is 18.9 Å². The molecule has 30 heavy (non-hydrogen) atoms. The first kappa shape index (κ1) is 18.4. The van der Waals surface area contributed by atoms with Gasteiger partial charge >= 0.3 is 0 Å². The molecule has 0 spiro atoms. The van der Waals surface area contributed by atoms with Gasteiger partial charge in [0.25, 0.3) is 5.91 Å². The zero-order valence-electron chi connectivity index (χ0n) is 16.8. The summed E-state index contributed by atoms with van der Waals surface area (Å²) in [6.07, 6.45) is 0. The van der Waals surface area contributed by atoms with Crippen molar-refractivity contribution in [1.82, 2.24) is 14.7 Å². The molecule has 0 bridgehead atoms. The van der Waals surface area contributed by atoms with Gasteiger partial charge in [-0.15, -0.1) is 0 Å². The summed E-state index contributed by atoms with van der Waals surface area (Å²) in [7, 11) is 1.78. The zero-order valence-corrected chi connectivity index (χ0v) is 16.8. The quantitative estimate of drug-likeness (QED) is 0.647. The summed E-state index contributed by atoms with van der Waals surface area (Å²) >= 11 is 0. The molecule has 2 aliphatic heterocycles.